The van der Waals surface area contributed by atoms with Gasteiger partial charge in [0.25, 0.3) is 0 Å². The lowest BCUT2D eigenvalue weighted by atomic mass is 10.1. The number of benzene rings is 2. The molecular weight excluding hydrogens is 439 g/mol. The van der Waals surface area contributed by atoms with Gasteiger partial charge in [-0.25, -0.2) is 0 Å². The highest BCUT2D eigenvalue weighted by atomic mass is 35.5. The Bertz CT molecular complexity index is 813. The third-order valence-corrected chi connectivity index (χ3v) is 5.01. The molecule has 1 unspecified atom stereocenters. The minimum atomic E-state index is -0.712. The largest absolute Gasteiger partial charge is 0.383 e. The molecule has 0 saturated carbocycles. The molecule has 1 aliphatic heterocycles. The van der Waals surface area contributed by atoms with E-state index in [2.05, 4.69) is 22.3 Å². The number of anilines is 2. The van der Waals surface area contributed by atoms with Crippen molar-refractivity contribution in [1.82, 2.24) is 4.90 Å². The van der Waals surface area contributed by atoms with Crippen LogP contribution in [0.15, 0.2) is 54.6 Å². The van der Waals surface area contributed by atoms with Crippen LogP contribution in [0.1, 0.15) is 5.56 Å². The number of piperazine rings is 1. The van der Waals surface area contributed by atoms with Crippen LogP contribution < -0.4 is 16.0 Å². The van der Waals surface area contributed by atoms with Gasteiger partial charge in [0.2, 0.25) is 11.8 Å². The maximum absolute atomic E-state index is 12.6. The molecule has 0 aromatic heterocycles. The summed E-state index contributed by atoms with van der Waals surface area (Å²) in [5.74, 6) is -0.177. The zero-order chi connectivity index (χ0) is 20.6. The number of carbonyl (C=O) groups is 2. The van der Waals surface area contributed by atoms with E-state index in [0.717, 1.165) is 31.7 Å². The molecule has 3 rings (SSSR count). The van der Waals surface area contributed by atoms with E-state index in [1.54, 1.807) is 12.1 Å². The Hall–Kier alpha value is -2.32. The topological polar surface area (TPSA) is 87.9 Å². The SMILES string of the molecule is COCC(N)C(=O)Nc1ccc(CC(=O)N2CCN(c3ccccc3)CC2)cc1.Cl.Cl. The maximum atomic E-state index is 12.6. The second-order valence-electron chi connectivity index (χ2n) is 7.13. The lowest BCUT2D eigenvalue weighted by Gasteiger charge is -2.36. The van der Waals surface area contributed by atoms with Crippen LogP contribution in [0, 0.1) is 0 Å². The lowest BCUT2D eigenvalue weighted by Crippen LogP contribution is -2.49. The van der Waals surface area contributed by atoms with Crippen molar-refractivity contribution in [2.24, 2.45) is 5.73 Å². The third-order valence-electron chi connectivity index (χ3n) is 5.01. The summed E-state index contributed by atoms with van der Waals surface area (Å²) < 4.78 is 4.88. The number of methoxy groups -OCH3 is 1. The minimum absolute atomic E-state index is 0. The molecule has 9 heteroatoms. The summed E-state index contributed by atoms with van der Waals surface area (Å²) in [6.45, 7) is 3.28. The predicted molar refractivity (Wildman–Crippen MR) is 128 cm³/mol. The van der Waals surface area contributed by atoms with E-state index < -0.39 is 6.04 Å². The molecule has 2 aromatic rings. The molecule has 31 heavy (non-hydrogen) atoms. The van der Waals surface area contributed by atoms with Gasteiger partial charge < -0.3 is 25.6 Å². The van der Waals surface area contributed by atoms with E-state index in [-0.39, 0.29) is 43.2 Å². The van der Waals surface area contributed by atoms with Gasteiger partial charge in [-0.2, -0.15) is 0 Å². The molecule has 1 fully saturated rings. The van der Waals surface area contributed by atoms with Gasteiger partial charge in [0, 0.05) is 44.7 Å². The van der Waals surface area contributed by atoms with Gasteiger partial charge >= 0.3 is 0 Å². The standard InChI is InChI=1S/C22H28N4O3.2ClH/c1-29-16-20(23)22(28)24-18-9-7-17(8-10-18)15-21(27)26-13-11-25(12-14-26)19-5-3-2-4-6-19;;/h2-10,20H,11-16,23H2,1H3,(H,24,28);2*1H. The highest BCUT2D eigenvalue weighted by Gasteiger charge is 2.21. The number of ether oxygens (including phenoxy) is 1. The van der Waals surface area contributed by atoms with Crippen molar-refractivity contribution in [1.29, 1.82) is 0 Å². The molecular formula is C22H30Cl2N4O3. The van der Waals surface area contributed by atoms with Gasteiger partial charge in [-0.3, -0.25) is 9.59 Å². The van der Waals surface area contributed by atoms with Crippen LogP contribution in [0.2, 0.25) is 0 Å². The number of hydrogen-bond acceptors (Lipinski definition) is 5. The average molecular weight is 469 g/mol. The second kappa shape index (κ2) is 13.2. The van der Waals surface area contributed by atoms with E-state index in [9.17, 15) is 9.59 Å². The lowest BCUT2D eigenvalue weighted by molar-refractivity contribution is -0.130. The molecule has 1 aliphatic rings. The third kappa shape index (κ3) is 7.70. The first-order valence-corrected chi connectivity index (χ1v) is 9.79. The summed E-state index contributed by atoms with van der Waals surface area (Å²) in [7, 11) is 1.50. The highest BCUT2D eigenvalue weighted by molar-refractivity contribution is 5.94. The monoisotopic (exact) mass is 468 g/mol. The minimum Gasteiger partial charge on any atom is -0.383 e. The Balaban J connectivity index is 0.00000240. The molecule has 3 N–H and O–H groups in total. The fraction of sp³-hybridized carbons (Fsp3) is 0.364. The van der Waals surface area contributed by atoms with Gasteiger partial charge in [-0.1, -0.05) is 30.3 Å². The maximum Gasteiger partial charge on any atom is 0.243 e. The van der Waals surface area contributed by atoms with Crippen molar-refractivity contribution in [3.63, 3.8) is 0 Å². The summed E-state index contributed by atoms with van der Waals surface area (Å²) in [5, 5.41) is 2.75. The number of amides is 2. The quantitative estimate of drug-likeness (QED) is 0.650. The van der Waals surface area contributed by atoms with Gasteiger partial charge in [0.15, 0.2) is 0 Å². The summed E-state index contributed by atoms with van der Waals surface area (Å²) in [4.78, 5) is 28.8. The van der Waals surface area contributed by atoms with Crippen LogP contribution in [0.25, 0.3) is 0 Å². The predicted octanol–water partition coefficient (Wildman–Crippen LogP) is 2.33. The first-order valence-electron chi connectivity index (χ1n) is 9.79. The van der Waals surface area contributed by atoms with Gasteiger partial charge in [-0.15, -0.1) is 24.8 Å². The van der Waals surface area contributed by atoms with Crippen LogP contribution in [0.4, 0.5) is 11.4 Å². The summed E-state index contributed by atoms with van der Waals surface area (Å²) >= 11 is 0. The molecule has 170 valence electrons. The number of para-hydroxylation sites is 1. The smallest absolute Gasteiger partial charge is 0.243 e. The van der Waals surface area contributed by atoms with Crippen LogP contribution in [0.5, 0.6) is 0 Å². The first-order chi connectivity index (χ1) is 14.1. The molecule has 2 aromatic carbocycles. The second-order valence-corrected chi connectivity index (χ2v) is 7.13. The Morgan fingerprint density at radius 1 is 1.00 bits per heavy atom. The van der Waals surface area contributed by atoms with E-state index in [1.165, 1.54) is 12.8 Å². The van der Waals surface area contributed by atoms with E-state index in [0.29, 0.717) is 12.1 Å². The molecule has 0 bridgehead atoms. The average Bonchev–Trinajstić information content (AvgIpc) is 2.76. The fourth-order valence-corrected chi connectivity index (χ4v) is 3.34. The van der Waals surface area contributed by atoms with Crippen molar-refractivity contribution in [3.05, 3.63) is 60.2 Å². The molecule has 1 heterocycles. The van der Waals surface area contributed by atoms with E-state index in [1.807, 2.05) is 35.2 Å². The van der Waals surface area contributed by atoms with E-state index in [4.69, 9.17) is 10.5 Å². The number of rotatable bonds is 7. The number of carbonyl (C=O) groups excluding carboxylic acids is 2. The number of nitrogens with one attached hydrogen (secondary N) is 1. The molecule has 0 aliphatic carbocycles. The number of nitrogens with two attached hydrogens (primary N) is 1. The first kappa shape index (κ1) is 26.7. The van der Waals surface area contributed by atoms with Crippen molar-refractivity contribution in [3.8, 4) is 0 Å². The van der Waals surface area contributed by atoms with Gasteiger partial charge in [-0.05, 0) is 29.8 Å². The van der Waals surface area contributed by atoms with Crippen molar-refractivity contribution in [2.75, 3.05) is 50.1 Å². The number of halogens is 2. The van der Waals surface area contributed by atoms with E-state index >= 15 is 0 Å². The molecule has 0 radical (unpaired) electrons. The zero-order valence-electron chi connectivity index (χ0n) is 17.5. The molecule has 2 amide bonds. The summed E-state index contributed by atoms with van der Waals surface area (Å²) in [5.41, 5.74) is 8.47. The van der Waals surface area contributed by atoms with Crippen molar-refractivity contribution < 1.29 is 14.3 Å². The van der Waals surface area contributed by atoms with Crippen LogP contribution in [0.3, 0.4) is 0 Å². The fourth-order valence-electron chi connectivity index (χ4n) is 3.34. The van der Waals surface area contributed by atoms with Crippen LogP contribution in [-0.2, 0) is 20.7 Å². The van der Waals surface area contributed by atoms with Crippen LogP contribution >= 0.6 is 24.8 Å². The van der Waals surface area contributed by atoms with Gasteiger partial charge in [0.05, 0.1) is 13.0 Å². The van der Waals surface area contributed by atoms with Crippen LogP contribution in [-0.4, -0.2) is 62.7 Å². The van der Waals surface area contributed by atoms with Crippen molar-refractivity contribution >= 4 is 48.0 Å². The highest BCUT2D eigenvalue weighted by Crippen LogP contribution is 2.17. The normalized spacial score (nSPS) is 14.1. The van der Waals surface area contributed by atoms with Crippen molar-refractivity contribution in [2.45, 2.75) is 12.5 Å². The Morgan fingerprint density at radius 2 is 1.61 bits per heavy atom. The molecule has 1 atom stereocenters. The number of nitrogens with zero attached hydrogens (tertiary/aromatic N) is 2. The molecule has 1 saturated heterocycles. The summed E-state index contributed by atoms with van der Waals surface area (Å²) in [6.07, 6.45) is 0.350. The molecule has 0 spiro atoms. The number of hydrogen-bond donors (Lipinski definition) is 2. The Labute approximate surface area is 195 Å². The van der Waals surface area contributed by atoms with Gasteiger partial charge in [0.1, 0.15) is 6.04 Å². The molecule has 7 nitrogen and oxygen atoms in total. The Kier molecular flexibility index (Phi) is 11.3. The summed E-state index contributed by atoms with van der Waals surface area (Å²) in [6, 6.07) is 16.8. The Morgan fingerprint density at radius 3 is 2.19 bits per heavy atom. The zero-order valence-corrected chi connectivity index (χ0v) is 19.2.